The van der Waals surface area contributed by atoms with Crippen LogP contribution >= 0.6 is 23.2 Å². The smallest absolute Gasteiger partial charge is 0.264 e. The van der Waals surface area contributed by atoms with Gasteiger partial charge in [-0.2, -0.15) is 4.98 Å². The van der Waals surface area contributed by atoms with Crippen LogP contribution in [0.25, 0.3) is 16.5 Å². The van der Waals surface area contributed by atoms with Crippen LogP contribution in [0.4, 0.5) is 11.8 Å². The van der Waals surface area contributed by atoms with Gasteiger partial charge in [-0.3, -0.25) is 9.36 Å². The van der Waals surface area contributed by atoms with E-state index < -0.39 is 0 Å². The summed E-state index contributed by atoms with van der Waals surface area (Å²) >= 11 is 12.2. The number of aromatic nitrogens is 3. The molecule has 3 N–H and O–H groups in total. The minimum Gasteiger partial charge on any atom is -0.382 e. The Kier molecular flexibility index (Phi) is 5.13. The Morgan fingerprint density at radius 2 is 1.83 bits per heavy atom. The Morgan fingerprint density at radius 1 is 1.07 bits per heavy atom. The number of halogens is 2. The van der Waals surface area contributed by atoms with Crippen molar-refractivity contribution in [3.63, 3.8) is 0 Å². The second kappa shape index (κ2) is 7.73. The van der Waals surface area contributed by atoms with Crippen molar-refractivity contribution >= 4 is 45.7 Å². The zero-order valence-corrected chi connectivity index (χ0v) is 16.9. The number of hydrogen-bond acceptors (Lipinski definition) is 5. The number of fused-ring (bicyclic) bond motifs is 1. The molecule has 0 saturated heterocycles. The fourth-order valence-corrected chi connectivity index (χ4v) is 3.57. The molecule has 1 atom stereocenters. The molecule has 8 heteroatoms. The Bertz CT molecular complexity index is 1260. The predicted octanol–water partition coefficient (Wildman–Crippen LogP) is 4.84. The molecular formula is C21H17Cl2N5O. The van der Waals surface area contributed by atoms with E-state index in [2.05, 4.69) is 15.3 Å². The van der Waals surface area contributed by atoms with E-state index in [1.54, 1.807) is 10.6 Å². The summed E-state index contributed by atoms with van der Waals surface area (Å²) in [6.45, 7) is 1.92. The number of hydrogen-bond donors (Lipinski definition) is 2. The monoisotopic (exact) mass is 425 g/mol. The number of nitrogens with one attached hydrogen (secondary N) is 1. The molecule has 2 aromatic carbocycles. The van der Waals surface area contributed by atoms with E-state index in [1.807, 2.05) is 55.5 Å². The number of pyridine rings is 1. The van der Waals surface area contributed by atoms with Gasteiger partial charge >= 0.3 is 0 Å². The van der Waals surface area contributed by atoms with Gasteiger partial charge in [0.2, 0.25) is 5.95 Å². The van der Waals surface area contributed by atoms with Gasteiger partial charge in [-0.25, -0.2) is 4.98 Å². The fourth-order valence-electron chi connectivity index (χ4n) is 3.22. The van der Waals surface area contributed by atoms with Crippen LogP contribution in [0.1, 0.15) is 18.7 Å². The minimum absolute atomic E-state index is 0.183. The van der Waals surface area contributed by atoms with Crippen LogP contribution in [-0.2, 0) is 0 Å². The first kappa shape index (κ1) is 19.2. The summed E-state index contributed by atoms with van der Waals surface area (Å²) in [5.74, 6) is 0.500. The standard InChI is InChI=1S/C21H17Cl2N5O/c1-12(26-21-25-11-16(23)19(24)27-21)17-10-13-6-5-9-15(22)18(13)20(29)28(17)14-7-3-2-4-8-14/h2-12H,1H3,(H3,24,25,26,27)/t12-/m0/s1. The maximum Gasteiger partial charge on any atom is 0.264 e. The molecule has 0 aliphatic heterocycles. The van der Waals surface area contributed by atoms with Gasteiger partial charge in [0.1, 0.15) is 10.8 Å². The quantitative estimate of drug-likeness (QED) is 0.488. The number of nitrogen functional groups attached to an aromatic ring is 1. The first-order valence-corrected chi connectivity index (χ1v) is 9.65. The third-order valence-corrected chi connectivity index (χ3v) is 5.21. The number of benzene rings is 2. The second-order valence-corrected chi connectivity index (χ2v) is 7.36. The van der Waals surface area contributed by atoms with E-state index in [9.17, 15) is 4.79 Å². The van der Waals surface area contributed by atoms with Gasteiger partial charge in [0.05, 0.1) is 22.6 Å². The van der Waals surface area contributed by atoms with Crippen LogP contribution in [0, 0.1) is 0 Å². The van der Waals surface area contributed by atoms with E-state index in [1.165, 1.54) is 6.20 Å². The lowest BCUT2D eigenvalue weighted by atomic mass is 10.1. The molecule has 0 unspecified atom stereocenters. The maximum atomic E-state index is 13.4. The average molecular weight is 426 g/mol. The van der Waals surface area contributed by atoms with E-state index >= 15 is 0 Å². The van der Waals surface area contributed by atoms with Gasteiger partial charge < -0.3 is 11.1 Å². The summed E-state index contributed by atoms with van der Waals surface area (Å²) in [7, 11) is 0. The molecule has 0 aliphatic rings. The van der Waals surface area contributed by atoms with Crippen molar-refractivity contribution in [3.8, 4) is 5.69 Å². The van der Waals surface area contributed by atoms with Gasteiger partial charge in [-0.05, 0) is 36.6 Å². The Morgan fingerprint density at radius 3 is 2.55 bits per heavy atom. The Hall–Kier alpha value is -3.09. The molecule has 4 aromatic rings. The molecule has 6 nitrogen and oxygen atoms in total. The van der Waals surface area contributed by atoms with Crippen LogP contribution in [0.3, 0.4) is 0 Å². The van der Waals surface area contributed by atoms with E-state index in [0.717, 1.165) is 16.8 Å². The highest BCUT2D eigenvalue weighted by atomic mass is 35.5. The molecule has 0 aliphatic carbocycles. The molecule has 0 radical (unpaired) electrons. The molecule has 2 heterocycles. The summed E-state index contributed by atoms with van der Waals surface area (Å²) in [6, 6.07) is 16.4. The summed E-state index contributed by atoms with van der Waals surface area (Å²) in [5, 5.41) is 5.12. The van der Waals surface area contributed by atoms with Crippen LogP contribution in [-0.4, -0.2) is 14.5 Å². The lowest BCUT2D eigenvalue weighted by Gasteiger charge is -2.21. The van der Waals surface area contributed by atoms with Crippen molar-refractivity contribution in [1.82, 2.24) is 14.5 Å². The lowest BCUT2D eigenvalue weighted by molar-refractivity contribution is 0.768. The van der Waals surface area contributed by atoms with Crippen molar-refractivity contribution < 1.29 is 0 Å². The third kappa shape index (κ3) is 3.64. The maximum absolute atomic E-state index is 13.4. The third-order valence-electron chi connectivity index (χ3n) is 4.60. The molecule has 0 spiro atoms. The summed E-state index contributed by atoms with van der Waals surface area (Å²) < 4.78 is 1.64. The minimum atomic E-state index is -0.313. The van der Waals surface area contributed by atoms with Gasteiger partial charge in [0.15, 0.2) is 0 Å². The van der Waals surface area contributed by atoms with E-state index in [0.29, 0.717) is 16.4 Å². The summed E-state index contributed by atoms with van der Waals surface area (Å²) in [6.07, 6.45) is 1.43. The van der Waals surface area contributed by atoms with Crippen LogP contribution in [0.15, 0.2) is 65.6 Å². The molecule has 2 aromatic heterocycles. The highest BCUT2D eigenvalue weighted by Crippen LogP contribution is 2.27. The number of nitrogens with two attached hydrogens (primary N) is 1. The highest BCUT2D eigenvalue weighted by molar-refractivity contribution is 6.35. The fraction of sp³-hybridized carbons (Fsp3) is 0.0952. The van der Waals surface area contributed by atoms with Gasteiger partial charge in [0.25, 0.3) is 5.56 Å². The zero-order chi connectivity index (χ0) is 20.5. The molecule has 29 heavy (non-hydrogen) atoms. The Labute approximate surface area is 176 Å². The van der Waals surface area contributed by atoms with E-state index in [-0.39, 0.29) is 22.4 Å². The van der Waals surface area contributed by atoms with Crippen molar-refractivity contribution in [1.29, 1.82) is 0 Å². The van der Waals surface area contributed by atoms with Crippen molar-refractivity contribution in [2.24, 2.45) is 0 Å². The molecule has 0 fully saturated rings. The van der Waals surface area contributed by atoms with Gasteiger partial charge in [-0.1, -0.05) is 53.5 Å². The first-order chi connectivity index (χ1) is 14.0. The van der Waals surface area contributed by atoms with Gasteiger partial charge in [-0.15, -0.1) is 0 Å². The van der Waals surface area contributed by atoms with Crippen LogP contribution in [0.2, 0.25) is 10.0 Å². The topological polar surface area (TPSA) is 85.8 Å². The number of para-hydroxylation sites is 1. The van der Waals surface area contributed by atoms with Crippen molar-refractivity contribution in [2.75, 3.05) is 11.1 Å². The molecular weight excluding hydrogens is 409 g/mol. The molecule has 0 bridgehead atoms. The summed E-state index contributed by atoms with van der Waals surface area (Å²) in [4.78, 5) is 21.7. The second-order valence-electron chi connectivity index (χ2n) is 6.54. The van der Waals surface area contributed by atoms with Gasteiger partial charge in [0, 0.05) is 11.4 Å². The largest absolute Gasteiger partial charge is 0.382 e. The average Bonchev–Trinajstić information content (AvgIpc) is 2.71. The Balaban J connectivity index is 1.90. The number of nitrogens with zero attached hydrogens (tertiary/aromatic N) is 3. The summed E-state index contributed by atoms with van der Waals surface area (Å²) in [5.41, 5.74) is 7.05. The molecule has 0 amide bonds. The zero-order valence-electron chi connectivity index (χ0n) is 15.4. The SMILES string of the molecule is C[C@H](Nc1ncc(Cl)c(N)n1)c1cc2cccc(Cl)c2c(=O)n1-c1ccccc1. The normalized spacial score (nSPS) is 12.1. The highest BCUT2D eigenvalue weighted by Gasteiger charge is 2.18. The number of anilines is 2. The van der Waals surface area contributed by atoms with Crippen molar-refractivity contribution in [2.45, 2.75) is 13.0 Å². The van der Waals surface area contributed by atoms with Crippen LogP contribution in [0.5, 0.6) is 0 Å². The van der Waals surface area contributed by atoms with Crippen molar-refractivity contribution in [3.05, 3.63) is 86.9 Å². The number of rotatable bonds is 4. The lowest BCUT2D eigenvalue weighted by Crippen LogP contribution is -2.26. The first-order valence-electron chi connectivity index (χ1n) is 8.90. The predicted molar refractivity (Wildman–Crippen MR) is 118 cm³/mol. The molecule has 0 saturated carbocycles. The molecule has 146 valence electrons. The van der Waals surface area contributed by atoms with Crippen LogP contribution < -0.4 is 16.6 Å². The molecule has 4 rings (SSSR count). The van der Waals surface area contributed by atoms with E-state index in [4.69, 9.17) is 28.9 Å².